The number of morpholine rings is 2. The second-order valence-corrected chi connectivity index (χ2v) is 3.56. The van der Waals surface area contributed by atoms with Gasteiger partial charge in [0.05, 0.1) is 52.6 Å². The number of rotatable bonds is 0. The molecule has 2 saturated heterocycles. The van der Waals surface area contributed by atoms with Crippen molar-refractivity contribution in [3.05, 3.63) is 0 Å². The van der Waals surface area contributed by atoms with Crippen LogP contribution in [0.15, 0.2) is 0 Å². The topological polar surface area (TPSA) is 50.7 Å². The largest absolute Gasteiger partial charge is 0.375 e. The van der Waals surface area contributed by atoms with Crippen LogP contribution in [0.2, 0.25) is 0 Å². The van der Waals surface area contributed by atoms with Gasteiger partial charge in [-0.1, -0.05) is 0 Å². The molecule has 2 fully saturated rings. The maximum atomic E-state index is 6.08. The lowest BCUT2D eigenvalue weighted by Gasteiger charge is -2.26. The van der Waals surface area contributed by atoms with Crippen LogP contribution in [0, 0.1) is 0 Å². The van der Waals surface area contributed by atoms with Crippen molar-refractivity contribution in [3.63, 3.8) is 0 Å². The fourth-order valence-corrected chi connectivity index (χ4v) is 1.78. The van der Waals surface area contributed by atoms with Crippen LogP contribution in [0.3, 0.4) is 0 Å². The first-order chi connectivity index (χ1) is 6.88. The Morgan fingerprint density at radius 3 is 2.21 bits per heavy atom. The molecule has 0 aromatic carbocycles. The molecule has 5 nitrogen and oxygen atoms in total. The minimum atomic E-state index is 0.783. The van der Waals surface area contributed by atoms with Gasteiger partial charge in [-0.2, -0.15) is 0 Å². The van der Waals surface area contributed by atoms with Gasteiger partial charge < -0.3 is 9.47 Å². The standard InChI is InChI=1S/C9H17N3O2/c10-9(11-1-5-13-6-2-11)12-3-7-14-8-4-12/h10H,1-8H2/p+1. The third-order valence-corrected chi connectivity index (χ3v) is 2.67. The van der Waals surface area contributed by atoms with Crippen LogP contribution >= 0.6 is 0 Å². The predicted octanol–water partition coefficient (Wildman–Crippen LogP) is -1.32. The molecule has 2 aliphatic heterocycles. The van der Waals surface area contributed by atoms with Crippen molar-refractivity contribution in [2.24, 2.45) is 5.73 Å². The highest BCUT2D eigenvalue weighted by molar-refractivity contribution is 5.73. The normalized spacial score (nSPS) is 23.7. The van der Waals surface area contributed by atoms with E-state index in [9.17, 15) is 0 Å². The van der Waals surface area contributed by atoms with Crippen molar-refractivity contribution in [1.82, 2.24) is 4.90 Å². The quantitative estimate of drug-likeness (QED) is 0.389. The van der Waals surface area contributed by atoms with E-state index in [0.717, 1.165) is 58.6 Å². The predicted molar refractivity (Wildman–Crippen MR) is 52.4 cm³/mol. The number of nitrogens with zero attached hydrogens (tertiary/aromatic N) is 2. The first kappa shape index (κ1) is 9.73. The Morgan fingerprint density at radius 2 is 1.57 bits per heavy atom. The summed E-state index contributed by atoms with van der Waals surface area (Å²) in [5, 5.41) is 0. The molecule has 0 saturated carbocycles. The van der Waals surface area contributed by atoms with Gasteiger partial charge in [-0.15, -0.1) is 0 Å². The molecule has 0 aromatic rings. The van der Waals surface area contributed by atoms with Gasteiger partial charge >= 0.3 is 5.96 Å². The third-order valence-electron chi connectivity index (χ3n) is 2.67. The van der Waals surface area contributed by atoms with Crippen molar-refractivity contribution in [2.75, 3.05) is 52.6 Å². The van der Waals surface area contributed by atoms with E-state index >= 15 is 0 Å². The van der Waals surface area contributed by atoms with Crippen molar-refractivity contribution >= 4 is 5.96 Å². The number of ether oxygens (including phenoxy) is 2. The Morgan fingerprint density at radius 1 is 1.00 bits per heavy atom. The van der Waals surface area contributed by atoms with Crippen molar-refractivity contribution < 1.29 is 14.0 Å². The Kier molecular flexibility index (Phi) is 3.21. The summed E-state index contributed by atoms with van der Waals surface area (Å²) in [5.41, 5.74) is 6.08. The molecular weight excluding hydrogens is 182 g/mol. The molecule has 80 valence electrons. The van der Waals surface area contributed by atoms with Gasteiger partial charge in [0.25, 0.3) is 0 Å². The van der Waals surface area contributed by atoms with E-state index in [1.54, 1.807) is 0 Å². The summed E-state index contributed by atoms with van der Waals surface area (Å²) in [6.45, 7) is 6.75. The molecule has 0 radical (unpaired) electrons. The summed E-state index contributed by atoms with van der Waals surface area (Å²) < 4.78 is 12.8. The summed E-state index contributed by atoms with van der Waals surface area (Å²) in [6.07, 6.45) is 0. The molecule has 0 unspecified atom stereocenters. The molecule has 5 heteroatoms. The summed E-state index contributed by atoms with van der Waals surface area (Å²) in [4.78, 5) is 2.19. The zero-order valence-corrected chi connectivity index (χ0v) is 8.45. The molecule has 0 spiro atoms. The van der Waals surface area contributed by atoms with Crippen LogP contribution in [0.25, 0.3) is 0 Å². The van der Waals surface area contributed by atoms with E-state index in [4.69, 9.17) is 15.2 Å². The van der Waals surface area contributed by atoms with E-state index in [2.05, 4.69) is 9.48 Å². The Bertz CT molecular complexity index is 216. The Hall–Kier alpha value is -0.810. The zero-order chi connectivity index (χ0) is 9.80. The zero-order valence-electron chi connectivity index (χ0n) is 8.45. The highest BCUT2D eigenvalue weighted by Gasteiger charge is 2.22. The highest BCUT2D eigenvalue weighted by atomic mass is 16.5. The fraction of sp³-hybridized carbons (Fsp3) is 0.889. The van der Waals surface area contributed by atoms with Gasteiger partial charge in [-0.05, 0) is 0 Å². The molecule has 0 amide bonds. The highest BCUT2D eigenvalue weighted by Crippen LogP contribution is 1.98. The van der Waals surface area contributed by atoms with Crippen molar-refractivity contribution in [3.8, 4) is 0 Å². The average molecular weight is 200 g/mol. The van der Waals surface area contributed by atoms with Gasteiger partial charge in [0.15, 0.2) is 0 Å². The number of hydrogen-bond acceptors (Lipinski definition) is 2. The molecule has 0 aliphatic carbocycles. The van der Waals surface area contributed by atoms with Crippen LogP contribution in [0.4, 0.5) is 0 Å². The van der Waals surface area contributed by atoms with E-state index in [-0.39, 0.29) is 0 Å². The fourth-order valence-electron chi connectivity index (χ4n) is 1.78. The molecule has 2 aliphatic rings. The van der Waals surface area contributed by atoms with E-state index in [0.29, 0.717) is 0 Å². The number of nitrogens with two attached hydrogens (primary N) is 1. The average Bonchev–Trinajstić information content (AvgIpc) is 2.30. The number of hydrogen-bond donors (Lipinski definition) is 1. The van der Waals surface area contributed by atoms with Crippen LogP contribution in [0.1, 0.15) is 0 Å². The molecule has 2 heterocycles. The van der Waals surface area contributed by atoms with E-state index in [1.165, 1.54) is 0 Å². The van der Waals surface area contributed by atoms with Gasteiger partial charge in [0, 0.05) is 0 Å². The molecule has 14 heavy (non-hydrogen) atoms. The lowest BCUT2D eigenvalue weighted by molar-refractivity contribution is -0.554. The molecule has 2 rings (SSSR count). The van der Waals surface area contributed by atoms with Gasteiger partial charge in [-0.3, -0.25) is 15.2 Å². The van der Waals surface area contributed by atoms with Crippen LogP contribution in [0.5, 0.6) is 0 Å². The van der Waals surface area contributed by atoms with Gasteiger partial charge in [0.1, 0.15) is 0 Å². The minimum absolute atomic E-state index is 0.783. The lowest BCUT2D eigenvalue weighted by Crippen LogP contribution is -2.51. The third kappa shape index (κ3) is 2.16. The monoisotopic (exact) mass is 200 g/mol. The first-order valence-electron chi connectivity index (χ1n) is 5.16. The molecule has 2 N–H and O–H groups in total. The second-order valence-electron chi connectivity index (χ2n) is 3.56. The first-order valence-corrected chi connectivity index (χ1v) is 5.16. The molecular formula is C9H18N3O2+. The second kappa shape index (κ2) is 4.61. The Balaban J connectivity index is 1.99. The molecule has 0 bridgehead atoms. The lowest BCUT2D eigenvalue weighted by atomic mass is 10.4. The summed E-state index contributed by atoms with van der Waals surface area (Å²) in [7, 11) is 0. The van der Waals surface area contributed by atoms with E-state index in [1.807, 2.05) is 0 Å². The van der Waals surface area contributed by atoms with Crippen LogP contribution in [-0.4, -0.2) is 68.0 Å². The SMILES string of the molecule is NC(N1CCOCC1)=[N+]1CCOCC1. The molecule has 0 aromatic heterocycles. The van der Waals surface area contributed by atoms with Crippen LogP contribution in [-0.2, 0) is 9.47 Å². The van der Waals surface area contributed by atoms with Crippen molar-refractivity contribution in [2.45, 2.75) is 0 Å². The van der Waals surface area contributed by atoms with Crippen molar-refractivity contribution in [1.29, 1.82) is 0 Å². The minimum Gasteiger partial charge on any atom is -0.375 e. The maximum absolute atomic E-state index is 6.08. The summed E-state index contributed by atoms with van der Waals surface area (Å²) in [5.74, 6) is 0.886. The summed E-state index contributed by atoms with van der Waals surface area (Å²) in [6, 6.07) is 0. The van der Waals surface area contributed by atoms with Gasteiger partial charge in [0.2, 0.25) is 0 Å². The number of guanidine groups is 1. The Labute approximate surface area is 84.1 Å². The maximum Gasteiger partial charge on any atom is 0.346 e. The van der Waals surface area contributed by atoms with Gasteiger partial charge in [-0.25, -0.2) is 0 Å². The van der Waals surface area contributed by atoms with Crippen LogP contribution < -0.4 is 5.73 Å². The van der Waals surface area contributed by atoms with E-state index < -0.39 is 0 Å². The molecule has 0 atom stereocenters. The smallest absolute Gasteiger partial charge is 0.346 e. The summed E-state index contributed by atoms with van der Waals surface area (Å²) >= 11 is 0.